The zero-order valence-electron chi connectivity index (χ0n) is 11.4. The predicted octanol–water partition coefficient (Wildman–Crippen LogP) is 0.361. The number of nitrogens with zero attached hydrogens (tertiary/aromatic N) is 1. The van der Waals surface area contributed by atoms with Crippen LogP contribution in [0.3, 0.4) is 0 Å². The summed E-state index contributed by atoms with van der Waals surface area (Å²) >= 11 is 1.27. The van der Waals surface area contributed by atoms with Crippen molar-refractivity contribution in [1.29, 1.82) is 0 Å². The molecule has 0 radical (unpaired) electrons. The highest BCUT2D eigenvalue weighted by molar-refractivity contribution is 7.14. The smallest absolute Gasteiger partial charge is 0.262 e. The fourth-order valence-electron chi connectivity index (χ4n) is 2.02. The quantitative estimate of drug-likeness (QED) is 0.773. The number of rotatable bonds is 2. The van der Waals surface area contributed by atoms with E-state index in [1.165, 1.54) is 11.3 Å². The van der Waals surface area contributed by atoms with Crippen LogP contribution >= 0.6 is 11.3 Å². The van der Waals surface area contributed by atoms with Crippen molar-refractivity contribution in [2.45, 2.75) is 19.4 Å². The highest BCUT2D eigenvalue weighted by Gasteiger charge is 2.30. The Labute approximate surface area is 121 Å². The van der Waals surface area contributed by atoms with Crippen LogP contribution in [-0.4, -0.2) is 48.1 Å². The number of carbonyl (C=O) groups excluding carboxylic acids is 2. The molecule has 0 spiro atoms. The monoisotopic (exact) mass is 292 g/mol. The number of carbonyl (C=O) groups is 2. The first-order chi connectivity index (χ1) is 9.52. The Morgan fingerprint density at radius 1 is 1.65 bits per heavy atom. The van der Waals surface area contributed by atoms with Gasteiger partial charge in [0.2, 0.25) is 5.91 Å². The molecule has 1 saturated heterocycles. The number of nitrogens with one attached hydrogen (secondary N) is 1. The molecule has 2 N–H and O–H groups in total. The van der Waals surface area contributed by atoms with Crippen molar-refractivity contribution in [1.82, 2.24) is 10.2 Å². The Hall–Kier alpha value is -1.84. The van der Waals surface area contributed by atoms with E-state index in [0.29, 0.717) is 17.8 Å². The number of aliphatic hydroxyl groups is 1. The van der Waals surface area contributed by atoms with Crippen LogP contribution in [0.4, 0.5) is 0 Å². The molecule has 1 fully saturated rings. The maximum atomic E-state index is 12.1. The molecule has 0 aromatic carbocycles. The van der Waals surface area contributed by atoms with Crippen LogP contribution in [0.15, 0.2) is 6.07 Å². The maximum Gasteiger partial charge on any atom is 0.262 e. The molecule has 1 unspecified atom stereocenters. The molecule has 6 heteroatoms. The van der Waals surface area contributed by atoms with Gasteiger partial charge in [0.1, 0.15) is 12.6 Å². The number of aryl methyl sites for hydroxylation is 1. The highest BCUT2D eigenvalue weighted by Crippen LogP contribution is 2.21. The van der Waals surface area contributed by atoms with Gasteiger partial charge in [-0.05, 0) is 25.0 Å². The van der Waals surface area contributed by atoms with Gasteiger partial charge in [-0.1, -0.05) is 11.8 Å². The van der Waals surface area contributed by atoms with Gasteiger partial charge in [-0.2, -0.15) is 0 Å². The van der Waals surface area contributed by atoms with Gasteiger partial charge < -0.3 is 15.3 Å². The molecular weight excluding hydrogens is 276 g/mol. The van der Waals surface area contributed by atoms with Crippen LogP contribution in [-0.2, 0) is 4.79 Å². The van der Waals surface area contributed by atoms with E-state index in [2.05, 4.69) is 17.2 Å². The predicted molar refractivity (Wildman–Crippen MR) is 76.5 cm³/mol. The van der Waals surface area contributed by atoms with Crippen molar-refractivity contribution < 1.29 is 14.7 Å². The number of hydrogen-bond donors (Lipinski definition) is 2. The minimum Gasteiger partial charge on any atom is -0.384 e. The van der Waals surface area contributed by atoms with E-state index < -0.39 is 6.04 Å². The molecule has 5 nitrogen and oxygen atoms in total. The molecule has 2 amide bonds. The maximum absolute atomic E-state index is 12.1. The summed E-state index contributed by atoms with van der Waals surface area (Å²) in [5, 5.41) is 11.4. The van der Waals surface area contributed by atoms with E-state index >= 15 is 0 Å². The van der Waals surface area contributed by atoms with E-state index in [9.17, 15) is 9.59 Å². The number of likely N-dealkylation sites (tertiary alicyclic amines) is 1. The summed E-state index contributed by atoms with van der Waals surface area (Å²) in [7, 11) is 1.73. The molecule has 0 bridgehead atoms. The van der Waals surface area contributed by atoms with Gasteiger partial charge in [0.15, 0.2) is 0 Å². The summed E-state index contributed by atoms with van der Waals surface area (Å²) < 4.78 is 0. The number of hydrogen-bond acceptors (Lipinski definition) is 4. The minimum absolute atomic E-state index is 0.0491. The lowest BCUT2D eigenvalue weighted by atomic mass is 10.2. The molecule has 2 heterocycles. The molecule has 1 aromatic heterocycles. The summed E-state index contributed by atoms with van der Waals surface area (Å²) in [4.78, 5) is 26.8. The van der Waals surface area contributed by atoms with Gasteiger partial charge in [0.25, 0.3) is 5.91 Å². The van der Waals surface area contributed by atoms with Crippen LogP contribution in [0, 0.1) is 18.8 Å². The number of thiophene rings is 1. The van der Waals surface area contributed by atoms with E-state index in [1.54, 1.807) is 18.0 Å². The first-order valence-corrected chi connectivity index (χ1v) is 7.10. The Kier molecular flexibility index (Phi) is 4.42. The second kappa shape index (κ2) is 6.07. The van der Waals surface area contributed by atoms with Crippen molar-refractivity contribution in [3.05, 3.63) is 21.4 Å². The molecule has 1 atom stereocenters. The van der Waals surface area contributed by atoms with Gasteiger partial charge in [0, 0.05) is 13.6 Å². The van der Waals surface area contributed by atoms with Crippen LogP contribution in [0.25, 0.3) is 0 Å². The van der Waals surface area contributed by atoms with E-state index in [0.717, 1.165) is 10.4 Å². The summed E-state index contributed by atoms with van der Waals surface area (Å²) in [6.07, 6.45) is 0.641. The van der Waals surface area contributed by atoms with Crippen molar-refractivity contribution in [3.63, 3.8) is 0 Å². The summed E-state index contributed by atoms with van der Waals surface area (Å²) in [6, 6.07) is 1.33. The Bertz CT molecular complexity index is 597. The number of likely N-dealkylation sites (N-methyl/N-ethyl adjacent to an activating group) is 1. The zero-order valence-corrected chi connectivity index (χ0v) is 12.2. The average Bonchev–Trinajstić information content (AvgIpc) is 2.94. The lowest BCUT2D eigenvalue weighted by Crippen LogP contribution is -2.40. The van der Waals surface area contributed by atoms with E-state index in [-0.39, 0.29) is 18.4 Å². The summed E-state index contributed by atoms with van der Waals surface area (Å²) in [5.74, 6) is 5.08. The van der Waals surface area contributed by atoms with Gasteiger partial charge in [0.05, 0.1) is 9.75 Å². The Morgan fingerprint density at radius 3 is 3.00 bits per heavy atom. The fraction of sp³-hybridized carbons (Fsp3) is 0.429. The fourth-order valence-corrected chi connectivity index (χ4v) is 2.97. The average molecular weight is 292 g/mol. The SMILES string of the molecule is Cc1cc(C(=O)NC2CCN(C)C2=O)sc1C#CCO. The zero-order chi connectivity index (χ0) is 14.7. The van der Waals surface area contributed by atoms with Crippen molar-refractivity contribution in [3.8, 4) is 11.8 Å². The van der Waals surface area contributed by atoms with E-state index in [4.69, 9.17) is 5.11 Å². The minimum atomic E-state index is -0.429. The first kappa shape index (κ1) is 14.6. The number of aliphatic hydroxyl groups excluding tert-OH is 1. The summed E-state index contributed by atoms with van der Waals surface area (Å²) in [5.41, 5.74) is 0.899. The van der Waals surface area contributed by atoms with Gasteiger partial charge >= 0.3 is 0 Å². The van der Waals surface area contributed by atoms with Crippen LogP contribution in [0.5, 0.6) is 0 Å². The largest absolute Gasteiger partial charge is 0.384 e. The normalized spacial score (nSPS) is 17.9. The molecule has 1 aliphatic rings. The third kappa shape index (κ3) is 3.00. The lowest BCUT2D eigenvalue weighted by Gasteiger charge is -2.11. The third-order valence-electron chi connectivity index (χ3n) is 3.16. The molecule has 0 saturated carbocycles. The molecule has 1 aliphatic heterocycles. The molecule has 20 heavy (non-hydrogen) atoms. The summed E-state index contributed by atoms with van der Waals surface area (Å²) in [6.45, 7) is 2.32. The van der Waals surface area contributed by atoms with E-state index in [1.807, 2.05) is 6.92 Å². The second-order valence-corrected chi connectivity index (χ2v) is 5.71. The molecular formula is C14H16N2O3S. The third-order valence-corrected chi connectivity index (χ3v) is 4.31. The van der Waals surface area contributed by atoms with Gasteiger partial charge in [-0.25, -0.2) is 0 Å². The lowest BCUT2D eigenvalue weighted by molar-refractivity contribution is -0.128. The Balaban J connectivity index is 2.08. The Morgan fingerprint density at radius 2 is 2.40 bits per heavy atom. The first-order valence-electron chi connectivity index (χ1n) is 6.29. The molecule has 2 rings (SSSR count). The molecule has 106 valence electrons. The van der Waals surface area contributed by atoms with Crippen molar-refractivity contribution in [2.24, 2.45) is 0 Å². The standard InChI is InChI=1S/C14H16N2O3S/c1-9-8-12(20-11(9)4-3-7-17)13(18)15-10-5-6-16(2)14(10)19/h8,10,17H,5-7H2,1-2H3,(H,15,18). The van der Waals surface area contributed by atoms with Gasteiger partial charge in [-0.15, -0.1) is 11.3 Å². The van der Waals surface area contributed by atoms with Crippen molar-refractivity contribution in [2.75, 3.05) is 20.2 Å². The number of amides is 2. The second-order valence-electron chi connectivity index (χ2n) is 4.66. The van der Waals surface area contributed by atoms with Crippen molar-refractivity contribution >= 4 is 23.2 Å². The van der Waals surface area contributed by atoms with Gasteiger partial charge in [-0.3, -0.25) is 9.59 Å². The molecule has 0 aliphatic carbocycles. The topological polar surface area (TPSA) is 69.6 Å². The highest BCUT2D eigenvalue weighted by atomic mass is 32.1. The molecule has 1 aromatic rings. The van der Waals surface area contributed by atoms with Crippen LogP contribution in [0.1, 0.15) is 26.5 Å². The van der Waals surface area contributed by atoms with Crippen LogP contribution < -0.4 is 5.32 Å². The van der Waals surface area contributed by atoms with Crippen LogP contribution in [0.2, 0.25) is 0 Å².